The molecule has 0 aliphatic carbocycles. The number of thioether (sulfide) groups is 1. The normalized spacial score (nSPS) is 10.4. The fourth-order valence-electron chi connectivity index (χ4n) is 2.88. The van der Waals surface area contributed by atoms with Crippen molar-refractivity contribution in [3.05, 3.63) is 101 Å². The number of nitrogens with one attached hydrogen (secondary N) is 2. The van der Waals surface area contributed by atoms with Gasteiger partial charge in [0.1, 0.15) is 5.82 Å². The highest BCUT2D eigenvalue weighted by molar-refractivity contribution is 7.99. The van der Waals surface area contributed by atoms with Crippen molar-refractivity contribution >= 4 is 29.3 Å². The van der Waals surface area contributed by atoms with Crippen LogP contribution in [0.25, 0.3) is 0 Å². The van der Waals surface area contributed by atoms with Gasteiger partial charge in [0.2, 0.25) is 5.91 Å². The van der Waals surface area contributed by atoms with Crippen molar-refractivity contribution in [3.63, 3.8) is 0 Å². The third-order valence-electron chi connectivity index (χ3n) is 4.40. The highest BCUT2D eigenvalue weighted by Crippen LogP contribution is 2.17. The number of anilines is 1. The van der Waals surface area contributed by atoms with Crippen LogP contribution in [-0.4, -0.2) is 24.1 Å². The molecule has 0 aromatic heterocycles. The first-order chi connectivity index (χ1) is 14.6. The maximum absolute atomic E-state index is 12.9. The first-order valence-electron chi connectivity index (χ1n) is 9.65. The highest BCUT2D eigenvalue weighted by Gasteiger charge is 2.13. The summed E-state index contributed by atoms with van der Waals surface area (Å²) in [5.74, 6) is 0.156. The molecule has 0 atom stereocenters. The van der Waals surface area contributed by atoms with Crippen LogP contribution in [0.1, 0.15) is 21.5 Å². The Bertz CT molecular complexity index is 978. The standard InChI is InChI=1S/C24H23FN2O2S/c25-20-12-10-19(11-13-20)16-30-17-23(28)27-22-9-5-4-8-21(22)24(29)26-15-14-18-6-2-1-3-7-18/h1-13H,14-17H2,(H,26,29)(H,27,28). The second-order valence-corrected chi connectivity index (χ2v) is 7.69. The first kappa shape index (κ1) is 21.6. The van der Waals surface area contributed by atoms with E-state index in [1.807, 2.05) is 30.3 Å². The van der Waals surface area contributed by atoms with Gasteiger partial charge in [-0.1, -0.05) is 54.6 Å². The molecule has 2 N–H and O–H groups in total. The summed E-state index contributed by atoms with van der Waals surface area (Å²) in [6, 6.07) is 23.1. The summed E-state index contributed by atoms with van der Waals surface area (Å²) in [4.78, 5) is 24.9. The predicted molar refractivity (Wildman–Crippen MR) is 120 cm³/mol. The summed E-state index contributed by atoms with van der Waals surface area (Å²) in [5, 5.41) is 5.72. The van der Waals surface area contributed by atoms with Gasteiger partial charge in [-0.3, -0.25) is 9.59 Å². The number of para-hydroxylation sites is 1. The Labute approximate surface area is 179 Å². The van der Waals surface area contributed by atoms with E-state index in [-0.39, 0.29) is 23.4 Å². The van der Waals surface area contributed by atoms with Gasteiger partial charge in [-0.05, 0) is 41.8 Å². The SMILES string of the molecule is O=C(CSCc1ccc(F)cc1)Nc1ccccc1C(=O)NCCc1ccccc1. The van der Waals surface area contributed by atoms with Crippen molar-refractivity contribution in [1.29, 1.82) is 0 Å². The minimum absolute atomic E-state index is 0.188. The summed E-state index contributed by atoms with van der Waals surface area (Å²) in [7, 11) is 0. The Morgan fingerprint density at radius 3 is 2.30 bits per heavy atom. The number of rotatable bonds is 9. The van der Waals surface area contributed by atoms with Crippen molar-refractivity contribution < 1.29 is 14.0 Å². The van der Waals surface area contributed by atoms with Crippen molar-refractivity contribution in [1.82, 2.24) is 5.32 Å². The number of benzene rings is 3. The van der Waals surface area contributed by atoms with E-state index in [0.717, 1.165) is 17.5 Å². The molecule has 0 aliphatic heterocycles. The molecule has 0 saturated heterocycles. The molecule has 0 aliphatic rings. The van der Waals surface area contributed by atoms with Crippen LogP contribution in [0.2, 0.25) is 0 Å². The Hall–Kier alpha value is -3.12. The Morgan fingerprint density at radius 1 is 0.833 bits per heavy atom. The molecule has 0 radical (unpaired) electrons. The maximum Gasteiger partial charge on any atom is 0.253 e. The van der Waals surface area contributed by atoms with Crippen LogP contribution < -0.4 is 10.6 Å². The quantitative estimate of drug-likeness (QED) is 0.527. The maximum atomic E-state index is 12.9. The average molecular weight is 423 g/mol. The zero-order chi connectivity index (χ0) is 21.2. The second kappa shape index (κ2) is 11.2. The third kappa shape index (κ3) is 6.74. The van der Waals surface area contributed by atoms with Crippen LogP contribution in [0, 0.1) is 5.82 Å². The second-order valence-electron chi connectivity index (χ2n) is 6.70. The lowest BCUT2D eigenvalue weighted by molar-refractivity contribution is -0.113. The van der Waals surface area contributed by atoms with Crippen LogP contribution >= 0.6 is 11.8 Å². The summed E-state index contributed by atoms with van der Waals surface area (Å²) in [6.07, 6.45) is 0.737. The summed E-state index contributed by atoms with van der Waals surface area (Å²) >= 11 is 1.43. The minimum atomic E-state index is -0.278. The van der Waals surface area contributed by atoms with Gasteiger partial charge in [-0.15, -0.1) is 11.8 Å². The van der Waals surface area contributed by atoms with Gasteiger partial charge >= 0.3 is 0 Å². The van der Waals surface area contributed by atoms with E-state index in [0.29, 0.717) is 23.5 Å². The smallest absolute Gasteiger partial charge is 0.253 e. The lowest BCUT2D eigenvalue weighted by atomic mass is 10.1. The van der Waals surface area contributed by atoms with Crippen molar-refractivity contribution in [3.8, 4) is 0 Å². The van der Waals surface area contributed by atoms with Gasteiger partial charge < -0.3 is 10.6 Å². The number of amides is 2. The number of hydrogen-bond donors (Lipinski definition) is 2. The number of hydrogen-bond acceptors (Lipinski definition) is 3. The van der Waals surface area contributed by atoms with Crippen molar-refractivity contribution in [2.75, 3.05) is 17.6 Å². The lowest BCUT2D eigenvalue weighted by Crippen LogP contribution is -2.27. The van der Waals surface area contributed by atoms with Gasteiger partial charge in [0.05, 0.1) is 17.0 Å². The van der Waals surface area contributed by atoms with Gasteiger partial charge in [0.25, 0.3) is 5.91 Å². The number of halogens is 1. The molecule has 0 heterocycles. The summed E-state index contributed by atoms with van der Waals surface area (Å²) in [5.41, 5.74) is 3.02. The summed E-state index contributed by atoms with van der Waals surface area (Å²) in [6.45, 7) is 0.513. The van der Waals surface area contributed by atoms with Crippen molar-refractivity contribution in [2.24, 2.45) is 0 Å². The first-order valence-corrected chi connectivity index (χ1v) is 10.8. The molecule has 0 fully saturated rings. The Kier molecular flexibility index (Phi) is 8.03. The topological polar surface area (TPSA) is 58.2 Å². The van der Waals surface area contributed by atoms with Gasteiger partial charge in [0, 0.05) is 12.3 Å². The fraction of sp³-hybridized carbons (Fsp3) is 0.167. The number of carbonyl (C=O) groups excluding carboxylic acids is 2. The molecule has 3 aromatic carbocycles. The third-order valence-corrected chi connectivity index (χ3v) is 5.41. The monoisotopic (exact) mass is 422 g/mol. The van der Waals surface area contributed by atoms with E-state index in [4.69, 9.17) is 0 Å². The van der Waals surface area contributed by atoms with Crippen LogP contribution in [0.3, 0.4) is 0 Å². The zero-order valence-corrected chi connectivity index (χ0v) is 17.3. The molecule has 30 heavy (non-hydrogen) atoms. The Balaban J connectivity index is 1.49. The molecule has 0 bridgehead atoms. The van der Waals surface area contributed by atoms with Crippen LogP contribution in [0.4, 0.5) is 10.1 Å². The largest absolute Gasteiger partial charge is 0.352 e. The van der Waals surface area contributed by atoms with E-state index in [1.165, 1.54) is 23.9 Å². The van der Waals surface area contributed by atoms with Crippen LogP contribution in [0.15, 0.2) is 78.9 Å². The van der Waals surface area contributed by atoms with Crippen LogP contribution in [-0.2, 0) is 17.0 Å². The van der Waals surface area contributed by atoms with E-state index in [9.17, 15) is 14.0 Å². The van der Waals surface area contributed by atoms with E-state index >= 15 is 0 Å². The highest BCUT2D eigenvalue weighted by atomic mass is 32.2. The Morgan fingerprint density at radius 2 is 1.53 bits per heavy atom. The molecule has 0 saturated carbocycles. The zero-order valence-electron chi connectivity index (χ0n) is 16.4. The average Bonchev–Trinajstić information content (AvgIpc) is 2.76. The molecular weight excluding hydrogens is 399 g/mol. The lowest BCUT2D eigenvalue weighted by Gasteiger charge is -2.11. The minimum Gasteiger partial charge on any atom is -0.352 e. The molecule has 0 unspecified atom stereocenters. The van der Waals surface area contributed by atoms with Gasteiger partial charge in [0.15, 0.2) is 0 Å². The van der Waals surface area contributed by atoms with E-state index in [1.54, 1.807) is 36.4 Å². The molecule has 154 valence electrons. The number of carbonyl (C=O) groups is 2. The van der Waals surface area contributed by atoms with Gasteiger partial charge in [-0.25, -0.2) is 4.39 Å². The predicted octanol–water partition coefficient (Wildman–Crippen LogP) is 4.67. The van der Waals surface area contributed by atoms with Crippen LogP contribution in [0.5, 0.6) is 0 Å². The molecule has 3 aromatic rings. The molecule has 6 heteroatoms. The molecule has 2 amide bonds. The molecule has 4 nitrogen and oxygen atoms in total. The summed E-state index contributed by atoms with van der Waals surface area (Å²) < 4.78 is 12.9. The van der Waals surface area contributed by atoms with Gasteiger partial charge in [-0.2, -0.15) is 0 Å². The van der Waals surface area contributed by atoms with E-state index in [2.05, 4.69) is 10.6 Å². The fourth-order valence-corrected chi connectivity index (χ4v) is 3.67. The van der Waals surface area contributed by atoms with Crippen molar-refractivity contribution in [2.45, 2.75) is 12.2 Å². The van der Waals surface area contributed by atoms with E-state index < -0.39 is 0 Å². The molecular formula is C24H23FN2O2S. The molecule has 0 spiro atoms. The molecule has 3 rings (SSSR count).